The lowest BCUT2D eigenvalue weighted by atomic mass is 10.3. The minimum Gasteiger partial charge on any atom is -0.354 e. The highest BCUT2D eigenvalue weighted by Crippen LogP contribution is 2.18. The first-order valence-electron chi connectivity index (χ1n) is 7.69. The van der Waals surface area contributed by atoms with Crippen LogP contribution >= 0.6 is 11.8 Å². The molecule has 0 saturated carbocycles. The zero-order valence-corrected chi connectivity index (χ0v) is 14.8. The molecule has 3 rings (SSSR count). The Bertz CT molecular complexity index is 889. The summed E-state index contributed by atoms with van der Waals surface area (Å²) in [6.45, 7) is 0. The average Bonchev–Trinajstić information content (AvgIpc) is 3.13. The van der Waals surface area contributed by atoms with Gasteiger partial charge < -0.3 is 14.5 Å². The number of aryl methyl sites for hydroxylation is 1. The van der Waals surface area contributed by atoms with E-state index in [9.17, 15) is 9.18 Å². The first-order valence-corrected chi connectivity index (χ1v) is 8.68. The van der Waals surface area contributed by atoms with Crippen molar-refractivity contribution in [2.45, 2.75) is 11.6 Å². The van der Waals surface area contributed by atoms with Crippen molar-refractivity contribution >= 4 is 23.4 Å². The highest BCUT2D eigenvalue weighted by atomic mass is 32.2. The molecule has 0 unspecified atom stereocenters. The maximum atomic E-state index is 13.1. The number of aromatic nitrogens is 4. The van der Waals surface area contributed by atoms with E-state index in [-0.39, 0.29) is 17.5 Å². The minimum atomic E-state index is -0.385. The van der Waals surface area contributed by atoms with Crippen molar-refractivity contribution in [1.29, 1.82) is 0 Å². The normalized spacial score (nSPS) is 10.8. The summed E-state index contributed by atoms with van der Waals surface area (Å²) in [4.78, 5) is 12.0. The van der Waals surface area contributed by atoms with Crippen molar-refractivity contribution in [2.24, 2.45) is 14.1 Å². The first kappa shape index (κ1) is 17.2. The summed E-state index contributed by atoms with van der Waals surface area (Å²) >= 11 is 1.29. The highest BCUT2D eigenvalue weighted by molar-refractivity contribution is 7.99. The van der Waals surface area contributed by atoms with Crippen LogP contribution in [0.1, 0.15) is 11.5 Å². The number of carbonyl (C=O) groups is 1. The number of carbonyl (C=O) groups excluding carboxylic acids is 1. The molecule has 1 amide bonds. The standard InChI is InChI=1S/C17H18FN5OS/c1-22-8-4-7-14(22)10-15-20-21-17(23(15)2)25-11-16(24)19-13-6-3-5-12(18)9-13/h3-9H,10-11H2,1-2H3,(H,19,24). The average molecular weight is 359 g/mol. The van der Waals surface area contributed by atoms with Crippen molar-refractivity contribution in [3.63, 3.8) is 0 Å². The van der Waals surface area contributed by atoms with Crippen LogP contribution in [0.25, 0.3) is 0 Å². The van der Waals surface area contributed by atoms with E-state index in [0.29, 0.717) is 17.3 Å². The molecule has 25 heavy (non-hydrogen) atoms. The number of anilines is 1. The maximum Gasteiger partial charge on any atom is 0.234 e. The van der Waals surface area contributed by atoms with E-state index in [1.165, 1.54) is 23.9 Å². The Morgan fingerprint density at radius 2 is 2.08 bits per heavy atom. The fourth-order valence-electron chi connectivity index (χ4n) is 2.36. The third-order valence-corrected chi connectivity index (χ3v) is 4.78. The molecule has 0 saturated heterocycles. The van der Waals surface area contributed by atoms with Crippen LogP contribution in [-0.4, -0.2) is 31.0 Å². The zero-order valence-electron chi connectivity index (χ0n) is 13.9. The zero-order chi connectivity index (χ0) is 17.8. The van der Waals surface area contributed by atoms with Crippen LogP contribution in [0.5, 0.6) is 0 Å². The minimum absolute atomic E-state index is 0.173. The molecule has 0 aliphatic heterocycles. The van der Waals surface area contributed by atoms with Gasteiger partial charge in [-0.15, -0.1) is 10.2 Å². The van der Waals surface area contributed by atoms with E-state index < -0.39 is 0 Å². The predicted molar refractivity (Wildman–Crippen MR) is 95.0 cm³/mol. The lowest BCUT2D eigenvalue weighted by molar-refractivity contribution is -0.113. The summed E-state index contributed by atoms with van der Waals surface area (Å²) in [7, 11) is 3.86. The van der Waals surface area contributed by atoms with Gasteiger partial charge in [0.25, 0.3) is 0 Å². The Morgan fingerprint density at radius 1 is 1.24 bits per heavy atom. The molecule has 130 valence electrons. The number of hydrogen-bond acceptors (Lipinski definition) is 4. The molecule has 1 N–H and O–H groups in total. The largest absolute Gasteiger partial charge is 0.354 e. The third-order valence-electron chi connectivity index (χ3n) is 3.76. The SMILES string of the molecule is Cn1cccc1Cc1nnc(SCC(=O)Nc2cccc(F)c2)n1C. The molecular weight excluding hydrogens is 341 g/mol. The van der Waals surface area contributed by atoms with Gasteiger partial charge in [0.15, 0.2) is 5.16 Å². The molecule has 0 bridgehead atoms. The van der Waals surface area contributed by atoms with Gasteiger partial charge in [0.2, 0.25) is 5.91 Å². The predicted octanol–water partition coefficient (Wildman–Crippen LogP) is 2.61. The monoisotopic (exact) mass is 359 g/mol. The lowest BCUT2D eigenvalue weighted by Gasteiger charge is -2.06. The van der Waals surface area contributed by atoms with Gasteiger partial charge in [-0.2, -0.15) is 0 Å². The number of thioether (sulfide) groups is 1. The number of benzene rings is 1. The molecule has 0 fully saturated rings. The molecule has 0 spiro atoms. The molecule has 6 nitrogen and oxygen atoms in total. The summed E-state index contributed by atoms with van der Waals surface area (Å²) in [5.41, 5.74) is 1.57. The van der Waals surface area contributed by atoms with Crippen molar-refractivity contribution in [1.82, 2.24) is 19.3 Å². The van der Waals surface area contributed by atoms with Gasteiger partial charge in [-0.1, -0.05) is 17.8 Å². The molecule has 0 radical (unpaired) electrons. The number of nitrogens with zero attached hydrogens (tertiary/aromatic N) is 4. The van der Waals surface area contributed by atoms with Crippen LogP contribution in [0.2, 0.25) is 0 Å². The number of hydrogen-bond donors (Lipinski definition) is 1. The molecular formula is C17H18FN5OS. The van der Waals surface area contributed by atoms with Crippen LogP contribution in [-0.2, 0) is 25.3 Å². The Kier molecular flexibility index (Phi) is 5.18. The molecule has 8 heteroatoms. The second kappa shape index (κ2) is 7.52. The number of nitrogens with one attached hydrogen (secondary N) is 1. The third kappa shape index (κ3) is 4.27. The number of rotatable bonds is 6. The van der Waals surface area contributed by atoms with Crippen molar-refractivity contribution in [3.05, 3.63) is 59.9 Å². The first-order chi connectivity index (χ1) is 12.0. The smallest absolute Gasteiger partial charge is 0.234 e. The van der Waals surface area contributed by atoms with Crippen molar-refractivity contribution < 1.29 is 9.18 Å². The second-order valence-electron chi connectivity index (χ2n) is 5.59. The van der Waals surface area contributed by atoms with E-state index in [0.717, 1.165) is 11.5 Å². The van der Waals surface area contributed by atoms with Crippen LogP contribution in [0.4, 0.5) is 10.1 Å². The number of halogens is 1. The fourth-order valence-corrected chi connectivity index (χ4v) is 3.09. The van der Waals surface area contributed by atoms with Gasteiger partial charge in [-0.05, 0) is 30.3 Å². The van der Waals surface area contributed by atoms with Gasteiger partial charge in [-0.25, -0.2) is 4.39 Å². The topological polar surface area (TPSA) is 64.7 Å². The quantitative estimate of drug-likeness (QED) is 0.687. The molecule has 2 heterocycles. The van der Waals surface area contributed by atoms with Crippen LogP contribution in [0.3, 0.4) is 0 Å². The molecule has 0 atom stereocenters. The summed E-state index contributed by atoms with van der Waals surface area (Å²) in [5, 5.41) is 11.7. The molecule has 0 aliphatic rings. The van der Waals surface area contributed by atoms with E-state index in [4.69, 9.17) is 0 Å². The molecule has 2 aromatic heterocycles. The maximum absolute atomic E-state index is 13.1. The second-order valence-corrected chi connectivity index (χ2v) is 6.53. The van der Waals surface area contributed by atoms with E-state index in [2.05, 4.69) is 15.5 Å². The summed E-state index contributed by atoms with van der Waals surface area (Å²) in [5.74, 6) is 0.397. The highest BCUT2D eigenvalue weighted by Gasteiger charge is 2.13. The van der Waals surface area contributed by atoms with Gasteiger partial charge in [0, 0.05) is 38.1 Å². The van der Waals surface area contributed by atoms with E-state index in [1.54, 1.807) is 12.1 Å². The van der Waals surface area contributed by atoms with Gasteiger partial charge in [0.1, 0.15) is 11.6 Å². The van der Waals surface area contributed by atoms with Gasteiger partial charge in [-0.3, -0.25) is 4.79 Å². The van der Waals surface area contributed by atoms with E-state index in [1.807, 2.05) is 41.6 Å². The van der Waals surface area contributed by atoms with E-state index >= 15 is 0 Å². The summed E-state index contributed by atoms with van der Waals surface area (Å²) < 4.78 is 17.0. The molecule has 1 aromatic carbocycles. The Morgan fingerprint density at radius 3 is 2.80 bits per heavy atom. The lowest BCUT2D eigenvalue weighted by Crippen LogP contribution is -2.14. The van der Waals surface area contributed by atoms with Gasteiger partial charge >= 0.3 is 0 Å². The summed E-state index contributed by atoms with van der Waals surface area (Å²) in [6.07, 6.45) is 2.65. The summed E-state index contributed by atoms with van der Waals surface area (Å²) in [6, 6.07) is 9.83. The van der Waals surface area contributed by atoms with Crippen molar-refractivity contribution in [3.8, 4) is 0 Å². The van der Waals surface area contributed by atoms with Crippen LogP contribution < -0.4 is 5.32 Å². The molecule has 0 aliphatic carbocycles. The Balaban J connectivity index is 1.58. The van der Waals surface area contributed by atoms with Crippen LogP contribution in [0, 0.1) is 5.82 Å². The van der Waals surface area contributed by atoms with Crippen LogP contribution in [0.15, 0.2) is 47.8 Å². The Labute approximate surface area is 149 Å². The molecule has 3 aromatic rings. The van der Waals surface area contributed by atoms with Crippen molar-refractivity contribution in [2.75, 3.05) is 11.1 Å². The van der Waals surface area contributed by atoms with Gasteiger partial charge in [0.05, 0.1) is 5.75 Å². The Hall–Kier alpha value is -2.61. The fraction of sp³-hybridized carbons (Fsp3) is 0.235. The number of amides is 1.